The van der Waals surface area contributed by atoms with E-state index in [2.05, 4.69) is 33.9 Å². The molecule has 35 heavy (non-hydrogen) atoms. The summed E-state index contributed by atoms with van der Waals surface area (Å²) in [7, 11) is 0. The van der Waals surface area contributed by atoms with Crippen LogP contribution in [-0.4, -0.2) is 44.5 Å². The smallest absolute Gasteiger partial charge is 0.370 e. The summed E-state index contributed by atoms with van der Waals surface area (Å²) in [6.45, 7) is 6.19. The quantitative estimate of drug-likeness (QED) is 0.286. The van der Waals surface area contributed by atoms with E-state index in [9.17, 15) is 13.2 Å². The minimum Gasteiger partial charge on any atom is -0.370 e. The summed E-state index contributed by atoms with van der Waals surface area (Å²) in [6.07, 6.45) is -4.56. The molecule has 3 heterocycles. The molecule has 0 spiro atoms. The molecular weight excluding hydrogens is 499 g/mol. The maximum atomic E-state index is 12.4. The Bertz CT molecular complexity index is 1220. The SMILES string of the molecule is Cc1sc2c(c1C)C(c1ccc(Cl)cc1)=NC(CCCCCNC(O)C(F)(F)F)c1nnc(C)n1-2. The van der Waals surface area contributed by atoms with Crippen LogP contribution >= 0.6 is 22.9 Å². The molecule has 0 saturated heterocycles. The van der Waals surface area contributed by atoms with Crippen molar-refractivity contribution in [2.75, 3.05) is 6.54 Å². The van der Waals surface area contributed by atoms with Gasteiger partial charge in [0.1, 0.15) is 16.9 Å². The molecule has 2 atom stereocenters. The standard InChI is InChI=1S/C24H27ClF3N5OS/c1-13-14(2)35-22-19(13)20(16-8-10-17(25)11-9-16)30-18(21-32-31-15(3)33(21)22)7-5-4-6-12-29-23(34)24(26,27)28/h8-11,18,23,29,34H,4-7,12H2,1-3H3. The largest absolute Gasteiger partial charge is 0.427 e. The molecular formula is C24H27ClF3N5OS. The van der Waals surface area contributed by atoms with Gasteiger partial charge in [-0.05, 0) is 57.9 Å². The van der Waals surface area contributed by atoms with Crippen LogP contribution in [0.1, 0.15) is 64.9 Å². The third-order valence-electron chi connectivity index (χ3n) is 6.16. The van der Waals surface area contributed by atoms with Crippen LogP contribution in [0.4, 0.5) is 13.2 Å². The first kappa shape index (κ1) is 25.8. The van der Waals surface area contributed by atoms with Gasteiger partial charge in [-0.15, -0.1) is 21.5 Å². The predicted octanol–water partition coefficient (Wildman–Crippen LogP) is 5.83. The van der Waals surface area contributed by atoms with E-state index in [4.69, 9.17) is 21.7 Å². The van der Waals surface area contributed by atoms with Crippen molar-refractivity contribution in [2.24, 2.45) is 4.99 Å². The molecule has 0 aliphatic carbocycles. The number of halogens is 4. The van der Waals surface area contributed by atoms with E-state index >= 15 is 0 Å². The highest BCUT2D eigenvalue weighted by molar-refractivity contribution is 7.15. The first-order chi connectivity index (χ1) is 16.6. The zero-order valence-corrected chi connectivity index (χ0v) is 21.2. The molecule has 3 aromatic rings. The van der Waals surface area contributed by atoms with Crippen LogP contribution in [0.5, 0.6) is 0 Å². The average molecular weight is 526 g/mol. The van der Waals surface area contributed by atoms with Crippen molar-refractivity contribution in [1.82, 2.24) is 20.1 Å². The summed E-state index contributed by atoms with van der Waals surface area (Å²) in [5.41, 5.74) is 4.06. The molecule has 0 amide bonds. The number of aryl methyl sites for hydroxylation is 2. The number of aliphatic imine (C=N–C) groups is 1. The highest BCUT2D eigenvalue weighted by Crippen LogP contribution is 2.40. The van der Waals surface area contributed by atoms with Gasteiger partial charge in [0, 0.05) is 21.0 Å². The van der Waals surface area contributed by atoms with Gasteiger partial charge in [0.25, 0.3) is 0 Å². The second-order valence-corrected chi connectivity index (χ2v) is 10.3. The van der Waals surface area contributed by atoms with E-state index in [-0.39, 0.29) is 12.6 Å². The number of hydrogen-bond acceptors (Lipinski definition) is 6. The molecule has 11 heteroatoms. The van der Waals surface area contributed by atoms with Gasteiger partial charge in [0.15, 0.2) is 5.82 Å². The number of rotatable bonds is 8. The number of aliphatic hydroxyl groups is 1. The Morgan fingerprint density at radius 2 is 1.83 bits per heavy atom. The van der Waals surface area contributed by atoms with Crippen molar-refractivity contribution in [3.63, 3.8) is 0 Å². The van der Waals surface area contributed by atoms with Gasteiger partial charge < -0.3 is 5.11 Å². The predicted molar refractivity (Wildman–Crippen MR) is 132 cm³/mol. The fourth-order valence-corrected chi connectivity index (χ4v) is 5.52. The first-order valence-corrected chi connectivity index (χ1v) is 12.6. The fraction of sp³-hybridized carbons (Fsp3) is 0.458. The Morgan fingerprint density at radius 1 is 1.11 bits per heavy atom. The Balaban J connectivity index is 1.59. The van der Waals surface area contributed by atoms with Gasteiger partial charge in [0.2, 0.25) is 6.23 Å². The van der Waals surface area contributed by atoms with Crippen LogP contribution in [0, 0.1) is 20.8 Å². The molecule has 1 aromatic carbocycles. The van der Waals surface area contributed by atoms with E-state index in [1.807, 2.05) is 31.2 Å². The van der Waals surface area contributed by atoms with Crippen LogP contribution in [0.25, 0.3) is 5.00 Å². The molecule has 4 rings (SSSR count). The van der Waals surface area contributed by atoms with Crippen LogP contribution in [0.3, 0.4) is 0 Å². The summed E-state index contributed by atoms with van der Waals surface area (Å²) >= 11 is 7.82. The number of benzene rings is 1. The van der Waals surface area contributed by atoms with Gasteiger partial charge >= 0.3 is 6.18 Å². The lowest BCUT2D eigenvalue weighted by Gasteiger charge is -2.16. The van der Waals surface area contributed by atoms with E-state index < -0.39 is 12.4 Å². The van der Waals surface area contributed by atoms with Crippen molar-refractivity contribution in [3.05, 3.63) is 62.5 Å². The third kappa shape index (κ3) is 5.45. The minimum atomic E-state index is -4.66. The maximum absolute atomic E-state index is 12.4. The number of aromatic nitrogens is 3. The molecule has 0 bridgehead atoms. The maximum Gasteiger partial charge on any atom is 0.427 e. The highest BCUT2D eigenvalue weighted by Gasteiger charge is 2.37. The van der Waals surface area contributed by atoms with Crippen molar-refractivity contribution in [1.29, 1.82) is 0 Å². The number of nitrogens with one attached hydrogen (secondary N) is 1. The normalized spacial score (nSPS) is 16.5. The van der Waals surface area contributed by atoms with Crippen LogP contribution in [-0.2, 0) is 0 Å². The number of fused-ring (bicyclic) bond motifs is 3. The van der Waals surface area contributed by atoms with Gasteiger partial charge in [-0.2, -0.15) is 13.2 Å². The fourth-order valence-electron chi connectivity index (χ4n) is 4.18. The Labute approximate surface area is 210 Å². The molecule has 188 valence electrons. The van der Waals surface area contributed by atoms with Crippen molar-refractivity contribution < 1.29 is 18.3 Å². The Hall–Kier alpha value is -2.27. The summed E-state index contributed by atoms with van der Waals surface area (Å²) < 4.78 is 39.4. The van der Waals surface area contributed by atoms with Crippen molar-refractivity contribution in [3.8, 4) is 5.00 Å². The van der Waals surface area contributed by atoms with Crippen LogP contribution < -0.4 is 5.32 Å². The lowest BCUT2D eigenvalue weighted by atomic mass is 9.99. The number of thiophene rings is 1. The van der Waals surface area contributed by atoms with Gasteiger partial charge in [-0.25, -0.2) is 0 Å². The summed E-state index contributed by atoms with van der Waals surface area (Å²) in [5, 5.41) is 21.7. The minimum absolute atomic E-state index is 0.0791. The van der Waals surface area contributed by atoms with Crippen LogP contribution in [0.2, 0.25) is 5.02 Å². The Kier molecular flexibility index (Phi) is 7.65. The molecule has 1 aliphatic rings. The number of unbranched alkanes of at least 4 members (excludes halogenated alkanes) is 2. The molecule has 2 N–H and O–H groups in total. The molecule has 0 radical (unpaired) electrons. The number of nitrogens with zero attached hydrogens (tertiary/aromatic N) is 4. The lowest BCUT2D eigenvalue weighted by Crippen LogP contribution is -2.42. The van der Waals surface area contributed by atoms with E-state index in [1.54, 1.807) is 11.3 Å². The molecule has 0 saturated carbocycles. The monoisotopic (exact) mass is 525 g/mol. The van der Waals surface area contributed by atoms with E-state index in [0.717, 1.165) is 45.5 Å². The number of alkyl halides is 3. The van der Waals surface area contributed by atoms with E-state index in [1.165, 1.54) is 4.88 Å². The van der Waals surface area contributed by atoms with Gasteiger partial charge in [-0.1, -0.05) is 36.6 Å². The van der Waals surface area contributed by atoms with E-state index in [0.29, 0.717) is 24.3 Å². The molecule has 0 fully saturated rings. The second kappa shape index (κ2) is 10.4. The zero-order valence-electron chi connectivity index (χ0n) is 19.7. The van der Waals surface area contributed by atoms with Crippen LogP contribution in [0.15, 0.2) is 29.3 Å². The zero-order chi connectivity index (χ0) is 25.3. The molecule has 2 aromatic heterocycles. The number of hydrogen-bond donors (Lipinski definition) is 2. The summed E-state index contributed by atoms with van der Waals surface area (Å²) in [5.74, 6) is 1.55. The van der Waals surface area contributed by atoms with Gasteiger partial charge in [-0.3, -0.25) is 14.9 Å². The summed E-state index contributed by atoms with van der Waals surface area (Å²) in [4.78, 5) is 6.37. The lowest BCUT2D eigenvalue weighted by molar-refractivity contribution is -0.213. The summed E-state index contributed by atoms with van der Waals surface area (Å²) in [6, 6.07) is 7.37. The third-order valence-corrected chi connectivity index (χ3v) is 7.60. The number of aliphatic hydroxyl groups excluding tert-OH is 1. The van der Waals surface area contributed by atoms with Crippen molar-refractivity contribution >= 4 is 28.6 Å². The molecule has 2 unspecified atom stereocenters. The first-order valence-electron chi connectivity index (χ1n) is 11.4. The molecule has 1 aliphatic heterocycles. The average Bonchev–Trinajstić information content (AvgIpc) is 3.27. The Morgan fingerprint density at radius 3 is 2.51 bits per heavy atom. The second-order valence-electron chi connectivity index (χ2n) is 8.65. The molecule has 6 nitrogen and oxygen atoms in total. The van der Waals surface area contributed by atoms with Gasteiger partial charge in [0.05, 0.1) is 5.71 Å². The van der Waals surface area contributed by atoms with Crippen molar-refractivity contribution in [2.45, 2.75) is 64.9 Å². The highest BCUT2D eigenvalue weighted by atomic mass is 35.5. The topological polar surface area (TPSA) is 75.3 Å².